The molecule has 25 heavy (non-hydrogen) atoms. The topological polar surface area (TPSA) is 44.8 Å². The van der Waals surface area contributed by atoms with Crippen molar-refractivity contribution in [2.24, 2.45) is 0 Å². The summed E-state index contributed by atoms with van der Waals surface area (Å²) in [5, 5.41) is 1.17. The van der Waals surface area contributed by atoms with Crippen molar-refractivity contribution < 1.29 is 18.3 Å². The molecule has 2 aromatic carbocycles. The summed E-state index contributed by atoms with van der Waals surface area (Å²) in [6.07, 6.45) is 5.43. The maximum absolute atomic E-state index is 13.2. The monoisotopic (exact) mass is 376 g/mol. The summed E-state index contributed by atoms with van der Waals surface area (Å²) in [4.78, 5) is 0. The average molecular weight is 377 g/mol. The van der Waals surface area contributed by atoms with Crippen LogP contribution in [0.5, 0.6) is 11.5 Å². The van der Waals surface area contributed by atoms with Gasteiger partial charge in [0.15, 0.2) is 0 Å². The number of hydrogen-bond acceptors (Lipinski definition) is 4. The van der Waals surface area contributed by atoms with Crippen LogP contribution in [0.15, 0.2) is 53.9 Å². The lowest BCUT2D eigenvalue weighted by Crippen LogP contribution is -2.05. The molecule has 0 bridgehead atoms. The van der Waals surface area contributed by atoms with E-state index in [0.29, 0.717) is 21.8 Å². The van der Waals surface area contributed by atoms with Crippen LogP contribution in [-0.2, 0) is 9.09 Å². The van der Waals surface area contributed by atoms with Gasteiger partial charge in [-0.05, 0) is 48.9 Å². The zero-order chi connectivity index (χ0) is 17.9. The summed E-state index contributed by atoms with van der Waals surface area (Å²) in [6, 6.07) is 12.8. The summed E-state index contributed by atoms with van der Waals surface area (Å²) < 4.78 is 29.6. The van der Waals surface area contributed by atoms with Crippen LogP contribution in [-0.4, -0.2) is 13.7 Å². The van der Waals surface area contributed by atoms with E-state index >= 15 is 0 Å². The minimum atomic E-state index is -3.44. The number of hydrogen-bond donors (Lipinski definition) is 0. The van der Waals surface area contributed by atoms with E-state index < -0.39 is 7.60 Å². The molecular weight excluding hydrogens is 359 g/mol. The van der Waals surface area contributed by atoms with Crippen molar-refractivity contribution in [3.05, 3.63) is 70.0 Å². The SMILES string of the molecule is CCOP1(=O)Oc2cc(OC)ccc2C=C1/C=C/c1ccc(Cl)cc1. The summed E-state index contributed by atoms with van der Waals surface area (Å²) in [5.41, 5.74) is 1.76. The van der Waals surface area contributed by atoms with Crippen LogP contribution in [0.2, 0.25) is 5.02 Å². The highest BCUT2D eigenvalue weighted by molar-refractivity contribution is 7.59. The second kappa shape index (κ2) is 7.49. The highest BCUT2D eigenvalue weighted by Gasteiger charge is 2.34. The van der Waals surface area contributed by atoms with Gasteiger partial charge < -0.3 is 9.26 Å². The lowest BCUT2D eigenvalue weighted by Gasteiger charge is -2.25. The van der Waals surface area contributed by atoms with Crippen molar-refractivity contribution in [2.45, 2.75) is 6.92 Å². The van der Waals surface area contributed by atoms with Crippen molar-refractivity contribution in [3.63, 3.8) is 0 Å². The van der Waals surface area contributed by atoms with E-state index in [4.69, 9.17) is 25.4 Å². The molecular formula is C19H18ClO4P. The van der Waals surface area contributed by atoms with Crippen molar-refractivity contribution >= 4 is 31.3 Å². The van der Waals surface area contributed by atoms with Gasteiger partial charge in [-0.3, -0.25) is 4.52 Å². The molecule has 1 unspecified atom stereocenters. The third kappa shape index (κ3) is 3.98. The fourth-order valence-electron chi connectivity index (χ4n) is 2.43. The standard InChI is InChI=1S/C19H18ClO4P/c1-3-23-25(21)18(11-6-14-4-8-16(20)9-5-14)12-15-7-10-17(22-2)13-19(15)24-25/h4-13H,3H2,1-2H3/b11-6+. The molecule has 1 aliphatic rings. The molecule has 3 rings (SSSR count). The third-order valence-electron chi connectivity index (χ3n) is 3.67. The molecule has 0 radical (unpaired) electrons. The number of rotatable bonds is 5. The van der Waals surface area contributed by atoms with Crippen LogP contribution in [0.4, 0.5) is 0 Å². The second-order valence-corrected chi connectivity index (χ2v) is 7.75. The number of halogens is 1. The highest BCUT2D eigenvalue weighted by Crippen LogP contribution is 2.60. The van der Waals surface area contributed by atoms with Gasteiger partial charge in [-0.15, -0.1) is 0 Å². The molecule has 2 aromatic rings. The van der Waals surface area contributed by atoms with Crippen LogP contribution in [0.25, 0.3) is 12.2 Å². The first kappa shape index (κ1) is 17.8. The first-order chi connectivity index (χ1) is 12.0. The van der Waals surface area contributed by atoms with Crippen molar-refractivity contribution in [3.8, 4) is 11.5 Å². The predicted octanol–water partition coefficient (Wildman–Crippen LogP) is 6.02. The fraction of sp³-hybridized carbons (Fsp3) is 0.158. The molecule has 0 fully saturated rings. The first-order valence-corrected chi connectivity index (χ1v) is 9.74. The van der Waals surface area contributed by atoms with Crippen molar-refractivity contribution in [2.75, 3.05) is 13.7 Å². The van der Waals surface area contributed by atoms with Crippen molar-refractivity contribution in [1.82, 2.24) is 0 Å². The summed E-state index contributed by atoms with van der Waals surface area (Å²) in [6.45, 7) is 2.06. The van der Waals surface area contributed by atoms with Crippen LogP contribution in [0, 0.1) is 0 Å². The molecule has 1 aliphatic heterocycles. The molecule has 1 heterocycles. The van der Waals surface area contributed by atoms with Crippen LogP contribution < -0.4 is 9.26 Å². The van der Waals surface area contributed by atoms with E-state index in [0.717, 1.165) is 11.1 Å². The van der Waals surface area contributed by atoms with E-state index in [1.54, 1.807) is 38.3 Å². The Morgan fingerprint density at radius 3 is 2.60 bits per heavy atom. The Balaban J connectivity index is 1.99. The zero-order valence-electron chi connectivity index (χ0n) is 13.9. The fourth-order valence-corrected chi connectivity index (χ4v) is 4.17. The van der Waals surface area contributed by atoms with Gasteiger partial charge in [-0.2, -0.15) is 0 Å². The number of ether oxygens (including phenoxy) is 1. The molecule has 0 saturated heterocycles. The van der Waals surface area contributed by atoms with Crippen LogP contribution in [0.1, 0.15) is 18.1 Å². The Morgan fingerprint density at radius 2 is 1.92 bits per heavy atom. The Bertz CT molecular complexity index is 871. The van der Waals surface area contributed by atoms with Crippen LogP contribution >= 0.6 is 19.2 Å². The number of allylic oxidation sites excluding steroid dienone is 2. The molecule has 6 heteroatoms. The van der Waals surface area contributed by atoms with Gasteiger partial charge in [-0.25, -0.2) is 4.57 Å². The Hall–Kier alpha value is -2.00. The Kier molecular flexibility index (Phi) is 5.33. The quantitative estimate of drug-likeness (QED) is 0.598. The van der Waals surface area contributed by atoms with Gasteiger partial charge in [0.25, 0.3) is 0 Å². The van der Waals surface area contributed by atoms with Gasteiger partial charge in [0.05, 0.1) is 19.0 Å². The van der Waals surface area contributed by atoms with Crippen molar-refractivity contribution in [1.29, 1.82) is 0 Å². The number of fused-ring (bicyclic) bond motifs is 1. The molecule has 0 N–H and O–H groups in total. The molecule has 130 valence electrons. The molecule has 0 aliphatic carbocycles. The van der Waals surface area contributed by atoms with Gasteiger partial charge in [0.2, 0.25) is 0 Å². The van der Waals surface area contributed by atoms with E-state index in [2.05, 4.69) is 0 Å². The van der Waals surface area contributed by atoms with Gasteiger partial charge in [0, 0.05) is 16.7 Å². The third-order valence-corrected chi connectivity index (χ3v) is 5.87. The highest BCUT2D eigenvalue weighted by atomic mass is 35.5. The summed E-state index contributed by atoms with van der Waals surface area (Å²) >= 11 is 5.90. The maximum atomic E-state index is 13.2. The molecule has 0 spiro atoms. The molecule has 0 aromatic heterocycles. The molecule has 0 saturated carbocycles. The number of benzene rings is 2. The average Bonchev–Trinajstić information content (AvgIpc) is 2.61. The van der Waals surface area contributed by atoms with Gasteiger partial charge in [0.1, 0.15) is 11.5 Å². The lowest BCUT2D eigenvalue weighted by atomic mass is 10.1. The van der Waals surface area contributed by atoms with Gasteiger partial charge >= 0.3 is 7.60 Å². The van der Waals surface area contributed by atoms with E-state index in [9.17, 15) is 4.57 Å². The number of methoxy groups -OCH3 is 1. The molecule has 4 nitrogen and oxygen atoms in total. The minimum Gasteiger partial charge on any atom is -0.497 e. The Labute approximate surface area is 152 Å². The second-order valence-electron chi connectivity index (χ2n) is 5.36. The van der Waals surface area contributed by atoms with E-state index in [1.807, 2.05) is 36.4 Å². The largest absolute Gasteiger partial charge is 0.497 e. The lowest BCUT2D eigenvalue weighted by molar-refractivity contribution is 0.285. The van der Waals surface area contributed by atoms with Crippen LogP contribution in [0.3, 0.4) is 0 Å². The maximum Gasteiger partial charge on any atom is 0.410 e. The smallest absolute Gasteiger partial charge is 0.410 e. The Morgan fingerprint density at radius 1 is 1.16 bits per heavy atom. The zero-order valence-corrected chi connectivity index (χ0v) is 15.6. The first-order valence-electron chi connectivity index (χ1n) is 7.82. The van der Waals surface area contributed by atoms with Gasteiger partial charge in [-0.1, -0.05) is 29.8 Å². The molecule has 1 atom stereocenters. The van der Waals surface area contributed by atoms with E-state index in [-0.39, 0.29) is 6.61 Å². The van der Waals surface area contributed by atoms with E-state index in [1.165, 1.54) is 0 Å². The summed E-state index contributed by atoms with van der Waals surface area (Å²) in [7, 11) is -1.87. The molecule has 0 amide bonds. The summed E-state index contributed by atoms with van der Waals surface area (Å²) in [5.74, 6) is 1.12. The minimum absolute atomic E-state index is 0.280. The predicted molar refractivity (Wildman–Crippen MR) is 101 cm³/mol. The normalized spacial score (nSPS) is 19.2.